The van der Waals surface area contributed by atoms with Crippen molar-refractivity contribution in [2.24, 2.45) is 0 Å². The molecule has 76 valence electrons. The van der Waals surface area contributed by atoms with Crippen LogP contribution in [0.2, 0.25) is 0 Å². The fourth-order valence-electron chi connectivity index (χ4n) is 0.451. The van der Waals surface area contributed by atoms with Crippen LogP contribution < -0.4 is 0 Å². The molecule has 6 heteroatoms. The quantitative estimate of drug-likeness (QED) is 0.564. The maximum absolute atomic E-state index is 5.25. The summed E-state index contributed by atoms with van der Waals surface area (Å²) < 4.78 is 10.5. The van der Waals surface area contributed by atoms with Crippen LogP contribution in [0.25, 0.3) is 0 Å². The highest BCUT2D eigenvalue weighted by Crippen LogP contribution is 2.53. The topological polar surface area (TPSA) is 50.0 Å². The Morgan fingerprint density at radius 3 is 1.75 bits per heavy atom. The van der Waals surface area contributed by atoms with Crippen LogP contribution in [0.3, 0.4) is 0 Å². The van der Waals surface area contributed by atoms with E-state index in [-0.39, 0.29) is 5.48 Å². The van der Waals surface area contributed by atoms with E-state index in [0.717, 1.165) is 12.8 Å². The first kappa shape index (κ1) is 15.4. The van der Waals surface area contributed by atoms with Gasteiger partial charge < -0.3 is 14.5 Å². The van der Waals surface area contributed by atoms with Gasteiger partial charge in [0.1, 0.15) is 0 Å². The first-order valence-corrected chi connectivity index (χ1v) is 7.53. The summed E-state index contributed by atoms with van der Waals surface area (Å²) >= 11 is 9.14. The fraction of sp³-hybridized carbons (Fsp3) is 1.00. The molecule has 2 N–H and O–H groups in total. The van der Waals surface area contributed by atoms with Gasteiger partial charge in [0.2, 0.25) is 5.69 Å². The molecule has 0 radical (unpaired) electrons. The zero-order valence-electron chi connectivity index (χ0n) is 7.45. The summed E-state index contributed by atoms with van der Waals surface area (Å²) in [5.41, 5.74) is -2.20. The Labute approximate surface area is 84.5 Å². The minimum absolute atomic E-state index is 0. The van der Waals surface area contributed by atoms with Crippen LogP contribution in [0.15, 0.2) is 0 Å². The SMILES string of the molecule is CCCOP(=S)(S)OCCC.O. The van der Waals surface area contributed by atoms with E-state index in [2.05, 4.69) is 12.2 Å². The fourth-order valence-corrected chi connectivity index (χ4v) is 2.29. The molecule has 0 saturated carbocycles. The normalized spacial score (nSPS) is 10.9. The van der Waals surface area contributed by atoms with E-state index in [9.17, 15) is 0 Å². The highest BCUT2D eigenvalue weighted by atomic mass is 32.9. The van der Waals surface area contributed by atoms with Crippen LogP contribution in [0.4, 0.5) is 0 Å². The summed E-state index contributed by atoms with van der Waals surface area (Å²) in [4.78, 5) is 0. The minimum atomic E-state index is -2.20. The van der Waals surface area contributed by atoms with Gasteiger partial charge in [-0.25, -0.2) is 0 Å². The average molecular weight is 232 g/mol. The van der Waals surface area contributed by atoms with Gasteiger partial charge in [-0.15, -0.1) is 0 Å². The maximum atomic E-state index is 5.25. The molecule has 0 saturated heterocycles. The average Bonchev–Trinajstić information content (AvgIpc) is 1.97. The first-order valence-electron chi connectivity index (χ1n) is 3.74. The Bertz CT molecular complexity index is 131. The lowest BCUT2D eigenvalue weighted by atomic mass is 10.5. The number of thiol groups is 1. The van der Waals surface area contributed by atoms with E-state index >= 15 is 0 Å². The van der Waals surface area contributed by atoms with Gasteiger partial charge in [0.05, 0.1) is 13.2 Å². The molecule has 0 aliphatic heterocycles. The lowest BCUT2D eigenvalue weighted by Gasteiger charge is -2.15. The van der Waals surface area contributed by atoms with E-state index in [1.54, 1.807) is 0 Å². The summed E-state index contributed by atoms with van der Waals surface area (Å²) in [6.07, 6.45) is 1.91. The molecule has 0 aromatic carbocycles. The first-order chi connectivity index (χ1) is 5.12. The molecule has 12 heavy (non-hydrogen) atoms. The third-order valence-corrected chi connectivity index (χ3v) is 3.26. The van der Waals surface area contributed by atoms with Gasteiger partial charge in [0.25, 0.3) is 0 Å². The minimum Gasteiger partial charge on any atom is -0.412 e. The van der Waals surface area contributed by atoms with Crippen LogP contribution in [0.1, 0.15) is 26.7 Å². The van der Waals surface area contributed by atoms with Crippen LogP contribution >= 0.6 is 17.9 Å². The number of rotatable bonds is 6. The lowest BCUT2D eigenvalue weighted by Crippen LogP contribution is -1.92. The maximum Gasteiger partial charge on any atom is 0.244 e. The molecule has 0 rings (SSSR count). The monoisotopic (exact) mass is 232 g/mol. The summed E-state index contributed by atoms with van der Waals surface area (Å²) in [5.74, 6) is 0. The molecule has 0 unspecified atom stereocenters. The van der Waals surface area contributed by atoms with Crippen molar-refractivity contribution in [3.63, 3.8) is 0 Å². The molecule has 0 aliphatic rings. The predicted molar refractivity (Wildman–Crippen MR) is 59.4 cm³/mol. The van der Waals surface area contributed by atoms with E-state index in [0.29, 0.717) is 13.2 Å². The standard InChI is InChI=1S/C6H15O2PS2.H2O/c1-3-5-7-9(10,11)8-6-4-2;/h3-6H2,1-2H3,(H,10,11);1H2. The van der Waals surface area contributed by atoms with Gasteiger partial charge in [-0.2, -0.15) is 0 Å². The summed E-state index contributed by atoms with van der Waals surface area (Å²) in [6, 6.07) is 0. The molecule has 3 nitrogen and oxygen atoms in total. The van der Waals surface area contributed by atoms with Crippen molar-refractivity contribution in [3.8, 4) is 0 Å². The molecule has 0 bridgehead atoms. The van der Waals surface area contributed by atoms with Gasteiger partial charge in [0.15, 0.2) is 0 Å². The van der Waals surface area contributed by atoms with Crippen LogP contribution in [-0.2, 0) is 20.9 Å². The predicted octanol–water partition coefficient (Wildman–Crippen LogP) is 2.17. The second-order valence-corrected chi connectivity index (χ2v) is 7.42. The third kappa shape index (κ3) is 8.97. The van der Waals surface area contributed by atoms with Crippen molar-refractivity contribution >= 4 is 29.7 Å². The Kier molecular flexibility index (Phi) is 10.8. The Hall–Kier alpha value is 0.880. The Morgan fingerprint density at radius 1 is 1.17 bits per heavy atom. The molecular weight excluding hydrogens is 215 g/mol. The molecule has 0 spiro atoms. The van der Waals surface area contributed by atoms with E-state index in [1.165, 1.54) is 0 Å². The smallest absolute Gasteiger partial charge is 0.244 e. The molecule has 0 aliphatic carbocycles. The largest absolute Gasteiger partial charge is 0.412 e. The lowest BCUT2D eigenvalue weighted by molar-refractivity contribution is 0.260. The molecule has 0 atom stereocenters. The Balaban J connectivity index is 0. The zero-order chi connectivity index (χ0) is 8.74. The van der Waals surface area contributed by atoms with Crippen LogP contribution in [0.5, 0.6) is 0 Å². The van der Waals surface area contributed by atoms with E-state index in [4.69, 9.17) is 20.9 Å². The molecule has 0 aromatic heterocycles. The molecular formula is C6H17O3PS2. The van der Waals surface area contributed by atoms with E-state index < -0.39 is 5.69 Å². The summed E-state index contributed by atoms with van der Waals surface area (Å²) in [6.45, 7) is 5.35. The van der Waals surface area contributed by atoms with Crippen molar-refractivity contribution < 1.29 is 14.5 Å². The second kappa shape index (κ2) is 8.48. The van der Waals surface area contributed by atoms with Crippen LogP contribution in [0, 0.1) is 0 Å². The van der Waals surface area contributed by atoms with Gasteiger partial charge >= 0.3 is 0 Å². The van der Waals surface area contributed by atoms with E-state index in [1.807, 2.05) is 13.8 Å². The van der Waals surface area contributed by atoms with Gasteiger partial charge in [-0.3, -0.25) is 0 Å². The second-order valence-electron chi connectivity index (χ2n) is 2.14. The third-order valence-electron chi connectivity index (χ3n) is 0.917. The molecule has 0 aromatic rings. The van der Waals surface area contributed by atoms with Crippen molar-refractivity contribution in [1.29, 1.82) is 0 Å². The van der Waals surface area contributed by atoms with Gasteiger partial charge in [-0.05, 0) is 24.6 Å². The summed E-state index contributed by atoms with van der Waals surface area (Å²) in [7, 11) is 0. The molecule has 0 heterocycles. The highest BCUT2D eigenvalue weighted by Gasteiger charge is 2.10. The van der Waals surface area contributed by atoms with Crippen molar-refractivity contribution in [1.82, 2.24) is 0 Å². The van der Waals surface area contributed by atoms with Gasteiger partial charge in [0, 0.05) is 0 Å². The van der Waals surface area contributed by atoms with Crippen molar-refractivity contribution in [3.05, 3.63) is 0 Å². The Morgan fingerprint density at radius 2 is 1.50 bits per heavy atom. The van der Waals surface area contributed by atoms with Crippen molar-refractivity contribution in [2.45, 2.75) is 26.7 Å². The van der Waals surface area contributed by atoms with Crippen LogP contribution in [-0.4, -0.2) is 18.7 Å². The summed E-state index contributed by atoms with van der Waals surface area (Å²) in [5, 5.41) is 0. The zero-order valence-corrected chi connectivity index (χ0v) is 10.1. The van der Waals surface area contributed by atoms with Gasteiger partial charge in [-0.1, -0.05) is 26.1 Å². The number of hydrogen-bond donors (Lipinski definition) is 1. The molecule has 0 fully saturated rings. The molecule has 0 amide bonds. The highest BCUT2D eigenvalue weighted by molar-refractivity contribution is 8.60. The van der Waals surface area contributed by atoms with Crippen molar-refractivity contribution in [2.75, 3.05) is 13.2 Å². The number of hydrogen-bond acceptors (Lipinski definition) is 3.